The smallest absolute Gasteiger partial charge is 0.277 e. The van der Waals surface area contributed by atoms with Gasteiger partial charge < -0.3 is 16.0 Å². The van der Waals surface area contributed by atoms with E-state index in [0.29, 0.717) is 23.3 Å². The van der Waals surface area contributed by atoms with Gasteiger partial charge in [-0.1, -0.05) is 0 Å². The van der Waals surface area contributed by atoms with Gasteiger partial charge in [0.1, 0.15) is 18.0 Å². The summed E-state index contributed by atoms with van der Waals surface area (Å²) in [5, 5.41) is 14.3. The number of rotatable bonds is 8. The Labute approximate surface area is 197 Å². The van der Waals surface area contributed by atoms with E-state index < -0.39 is 10.0 Å². The zero-order valence-corrected chi connectivity index (χ0v) is 19.5. The number of aromatic nitrogens is 5. The number of hydrogen-bond donors (Lipinski definition) is 4. The molecule has 3 aromatic rings. The minimum atomic E-state index is -3.21. The number of nitrogens with one attached hydrogen (secondary N) is 4. The molecule has 3 aromatic heterocycles. The molecule has 0 radical (unpaired) electrons. The molecule has 5 rings (SSSR count). The lowest BCUT2D eigenvalue weighted by molar-refractivity contribution is 0.102. The average Bonchev–Trinajstić information content (AvgIpc) is 3.50. The molecule has 0 spiro atoms. The molecule has 0 aliphatic heterocycles. The van der Waals surface area contributed by atoms with Gasteiger partial charge in [-0.25, -0.2) is 32.6 Å². The van der Waals surface area contributed by atoms with Crippen LogP contribution in [0.15, 0.2) is 30.9 Å². The average molecular weight is 486 g/mol. The highest BCUT2D eigenvalue weighted by Gasteiger charge is 2.26. The Morgan fingerprint density at radius 1 is 1.00 bits per heavy atom. The Balaban J connectivity index is 1.36. The van der Waals surface area contributed by atoms with Gasteiger partial charge in [0.05, 0.1) is 18.1 Å². The van der Waals surface area contributed by atoms with Crippen molar-refractivity contribution in [2.75, 3.05) is 22.2 Å². The highest BCUT2D eigenvalue weighted by Crippen LogP contribution is 2.30. The lowest BCUT2D eigenvalue weighted by Gasteiger charge is -2.29. The molecule has 34 heavy (non-hydrogen) atoms. The number of carbonyl (C=O) groups is 1. The number of nitrogens with zero attached hydrogens (tertiary/aromatic N) is 5. The van der Waals surface area contributed by atoms with E-state index in [2.05, 4.69) is 40.7 Å². The lowest BCUT2D eigenvalue weighted by atomic mass is 9.92. The van der Waals surface area contributed by atoms with E-state index in [1.54, 1.807) is 16.8 Å². The van der Waals surface area contributed by atoms with Crippen molar-refractivity contribution in [1.29, 1.82) is 0 Å². The summed E-state index contributed by atoms with van der Waals surface area (Å²) in [6, 6.07) is 4.04. The van der Waals surface area contributed by atoms with Crippen molar-refractivity contribution in [1.82, 2.24) is 29.3 Å². The minimum Gasteiger partial charge on any atom is -0.379 e. The van der Waals surface area contributed by atoms with Crippen LogP contribution in [0.4, 0.5) is 17.3 Å². The maximum absolute atomic E-state index is 12.9. The summed E-state index contributed by atoms with van der Waals surface area (Å²) in [5.74, 6) is 0.643. The zero-order chi connectivity index (χ0) is 23.7. The van der Waals surface area contributed by atoms with Crippen LogP contribution < -0.4 is 20.7 Å². The topological polar surface area (TPSA) is 155 Å². The number of carbonyl (C=O) groups excluding carboxylic acids is 1. The molecule has 3 heterocycles. The van der Waals surface area contributed by atoms with E-state index in [1.807, 2.05) is 6.07 Å². The maximum Gasteiger partial charge on any atom is 0.277 e. The van der Waals surface area contributed by atoms with E-state index in [-0.39, 0.29) is 23.7 Å². The van der Waals surface area contributed by atoms with Crippen molar-refractivity contribution in [3.63, 3.8) is 0 Å². The summed E-state index contributed by atoms with van der Waals surface area (Å²) >= 11 is 0. The molecular formula is C21H27N9O3S. The molecule has 0 bridgehead atoms. The van der Waals surface area contributed by atoms with Crippen molar-refractivity contribution < 1.29 is 13.2 Å². The highest BCUT2D eigenvalue weighted by atomic mass is 32.2. The Kier molecular flexibility index (Phi) is 6.04. The molecule has 180 valence electrons. The van der Waals surface area contributed by atoms with Crippen molar-refractivity contribution in [3.05, 3.63) is 36.5 Å². The number of imidazole rings is 1. The third-order valence-corrected chi connectivity index (χ3v) is 6.68. The minimum absolute atomic E-state index is 0.0404. The first-order valence-corrected chi connectivity index (χ1v) is 13.2. The second-order valence-corrected chi connectivity index (χ2v) is 10.7. The van der Waals surface area contributed by atoms with Crippen molar-refractivity contribution in [2.24, 2.45) is 0 Å². The second-order valence-electron chi connectivity index (χ2n) is 8.87. The number of hydrogen-bond acceptors (Lipinski definition) is 9. The third kappa shape index (κ3) is 5.42. The predicted molar refractivity (Wildman–Crippen MR) is 127 cm³/mol. The SMILES string of the molecule is CS(=O)(=O)N[C@H]1CC[C@H](Nc2cc(NC3CC3)c3ncc(C(=O)Nc4ccncn4)n3n2)CC1. The fourth-order valence-electron chi connectivity index (χ4n) is 4.16. The Morgan fingerprint density at radius 2 is 1.71 bits per heavy atom. The van der Waals surface area contributed by atoms with Crippen molar-refractivity contribution >= 4 is 38.9 Å². The normalized spacial score (nSPS) is 20.7. The number of sulfonamides is 1. The summed E-state index contributed by atoms with van der Waals surface area (Å²) in [6.07, 6.45) is 10.9. The molecule has 1 amide bonds. The molecule has 12 nitrogen and oxygen atoms in total. The molecule has 0 aromatic carbocycles. The van der Waals surface area contributed by atoms with Gasteiger partial charge >= 0.3 is 0 Å². The number of fused-ring (bicyclic) bond motifs is 1. The molecular weight excluding hydrogens is 458 g/mol. The quantitative estimate of drug-likeness (QED) is 0.372. The largest absolute Gasteiger partial charge is 0.379 e. The molecule has 0 atom stereocenters. The molecule has 2 saturated carbocycles. The molecule has 4 N–H and O–H groups in total. The van der Waals surface area contributed by atoms with Gasteiger partial charge in [-0.05, 0) is 44.6 Å². The van der Waals surface area contributed by atoms with Gasteiger partial charge in [-0.2, -0.15) is 0 Å². The first-order valence-electron chi connectivity index (χ1n) is 11.3. The number of amides is 1. The van der Waals surface area contributed by atoms with Crippen LogP contribution in [0.3, 0.4) is 0 Å². The maximum atomic E-state index is 12.9. The van der Waals surface area contributed by atoms with Crippen LogP contribution >= 0.6 is 0 Å². The monoisotopic (exact) mass is 485 g/mol. The predicted octanol–water partition coefficient (Wildman–Crippen LogP) is 1.62. The first kappa shape index (κ1) is 22.5. The fourth-order valence-corrected chi connectivity index (χ4v) is 5.00. The number of anilines is 3. The summed E-state index contributed by atoms with van der Waals surface area (Å²) < 4.78 is 27.3. The van der Waals surface area contributed by atoms with Crippen molar-refractivity contribution in [3.8, 4) is 0 Å². The molecule has 0 saturated heterocycles. The van der Waals surface area contributed by atoms with Gasteiger partial charge in [0.15, 0.2) is 11.3 Å². The van der Waals surface area contributed by atoms with Gasteiger partial charge in [0.2, 0.25) is 10.0 Å². The van der Waals surface area contributed by atoms with E-state index in [4.69, 9.17) is 0 Å². The molecule has 2 fully saturated rings. The summed E-state index contributed by atoms with van der Waals surface area (Å²) in [5.41, 5.74) is 1.68. The highest BCUT2D eigenvalue weighted by molar-refractivity contribution is 7.88. The van der Waals surface area contributed by atoms with Gasteiger partial charge in [-0.3, -0.25) is 4.79 Å². The Bertz CT molecular complexity index is 1280. The molecule has 13 heteroatoms. The Hall–Kier alpha value is -3.32. The van der Waals surface area contributed by atoms with E-state index in [0.717, 1.165) is 44.2 Å². The lowest BCUT2D eigenvalue weighted by Crippen LogP contribution is -2.39. The van der Waals surface area contributed by atoms with Crippen LogP contribution in [0, 0.1) is 0 Å². The van der Waals surface area contributed by atoms with E-state index in [1.165, 1.54) is 18.8 Å². The third-order valence-electron chi connectivity index (χ3n) is 5.92. The van der Waals surface area contributed by atoms with Gasteiger partial charge in [0.25, 0.3) is 5.91 Å². The summed E-state index contributed by atoms with van der Waals surface area (Å²) in [6.45, 7) is 0. The summed E-state index contributed by atoms with van der Waals surface area (Å²) in [4.78, 5) is 25.3. The van der Waals surface area contributed by atoms with Gasteiger partial charge in [0, 0.05) is 30.4 Å². The van der Waals surface area contributed by atoms with Crippen LogP contribution in [-0.4, -0.2) is 63.3 Å². The first-order chi connectivity index (χ1) is 16.3. The Morgan fingerprint density at radius 3 is 2.38 bits per heavy atom. The molecule has 2 aliphatic carbocycles. The van der Waals surface area contributed by atoms with Crippen molar-refractivity contribution in [2.45, 2.75) is 56.7 Å². The second kappa shape index (κ2) is 9.14. The van der Waals surface area contributed by atoms with Crippen LogP contribution in [0.2, 0.25) is 0 Å². The van der Waals surface area contributed by atoms with Gasteiger partial charge in [-0.15, -0.1) is 5.10 Å². The summed E-state index contributed by atoms with van der Waals surface area (Å²) in [7, 11) is -3.21. The molecule has 0 unspecified atom stereocenters. The molecule has 2 aliphatic rings. The van der Waals surface area contributed by atoms with E-state index in [9.17, 15) is 13.2 Å². The fraction of sp³-hybridized carbons (Fsp3) is 0.476. The van der Waals surface area contributed by atoms with Crippen LogP contribution in [0.5, 0.6) is 0 Å². The van der Waals surface area contributed by atoms with Crippen LogP contribution in [0.25, 0.3) is 5.65 Å². The zero-order valence-electron chi connectivity index (χ0n) is 18.7. The van der Waals surface area contributed by atoms with Crippen LogP contribution in [-0.2, 0) is 10.0 Å². The van der Waals surface area contributed by atoms with Crippen LogP contribution in [0.1, 0.15) is 49.0 Å². The van der Waals surface area contributed by atoms with E-state index >= 15 is 0 Å². The standard InChI is InChI=1S/C21H27N9O3S/c1-34(32,33)29-15-6-4-14(5-7-15)26-19-10-16(25-13-2-3-13)20-23-11-17(30(20)28-19)21(31)27-18-8-9-22-12-24-18/h8-15,25,29H,2-7H2,1H3,(H,26,28)(H,22,24,27,31)/t14-,15-.